The van der Waals surface area contributed by atoms with E-state index >= 15 is 0 Å². The Balaban J connectivity index is 1.23. The van der Waals surface area contributed by atoms with Gasteiger partial charge in [-0.15, -0.1) is 0 Å². The lowest BCUT2D eigenvalue weighted by atomic mass is 9.93. The second-order valence-electron chi connectivity index (χ2n) is 10.9. The van der Waals surface area contributed by atoms with E-state index in [2.05, 4.69) is 32.8 Å². The molecule has 6 heterocycles. The van der Waals surface area contributed by atoms with E-state index < -0.39 is 5.54 Å². The zero-order valence-electron chi connectivity index (χ0n) is 21.2. The summed E-state index contributed by atoms with van der Waals surface area (Å²) >= 11 is 0. The molecule has 2 atom stereocenters. The number of carbonyl (C=O) groups excluding carboxylic acids is 1. The zero-order valence-corrected chi connectivity index (χ0v) is 21.2. The predicted octanol–water partition coefficient (Wildman–Crippen LogP) is 3.70. The van der Waals surface area contributed by atoms with E-state index in [1.54, 1.807) is 4.68 Å². The molecule has 1 saturated carbocycles. The third-order valence-corrected chi connectivity index (χ3v) is 8.31. The van der Waals surface area contributed by atoms with Gasteiger partial charge in [-0.3, -0.25) is 9.48 Å². The van der Waals surface area contributed by atoms with Crippen molar-refractivity contribution in [1.29, 1.82) is 0 Å². The molecule has 8 nitrogen and oxygen atoms in total. The van der Waals surface area contributed by atoms with Crippen molar-refractivity contribution in [3.05, 3.63) is 71.7 Å². The molecule has 2 N–H and O–H groups in total. The Bertz CT molecular complexity index is 1510. The average molecular weight is 494 g/mol. The van der Waals surface area contributed by atoms with Crippen molar-refractivity contribution in [3.63, 3.8) is 0 Å². The van der Waals surface area contributed by atoms with Crippen molar-refractivity contribution in [2.45, 2.75) is 50.2 Å². The summed E-state index contributed by atoms with van der Waals surface area (Å²) in [5.41, 5.74) is 5.09. The summed E-state index contributed by atoms with van der Waals surface area (Å²) in [6, 6.07) is 13.3. The molecular formula is C29H31N7O. The summed E-state index contributed by atoms with van der Waals surface area (Å²) in [6.07, 6.45) is 9.85. The number of hydrogen-bond donors (Lipinski definition) is 2. The van der Waals surface area contributed by atoms with Crippen LogP contribution in [0.5, 0.6) is 0 Å². The molecule has 0 spiro atoms. The van der Waals surface area contributed by atoms with Gasteiger partial charge in [0.2, 0.25) is 0 Å². The first-order valence-corrected chi connectivity index (χ1v) is 13.2. The molecule has 8 heteroatoms. The van der Waals surface area contributed by atoms with Crippen LogP contribution in [0.2, 0.25) is 0 Å². The number of nitrogens with one attached hydrogen (secondary N) is 2. The molecule has 8 rings (SSSR count). The van der Waals surface area contributed by atoms with Crippen LogP contribution >= 0.6 is 0 Å². The number of anilines is 1. The van der Waals surface area contributed by atoms with Gasteiger partial charge in [0.25, 0.3) is 5.91 Å². The predicted molar refractivity (Wildman–Crippen MR) is 143 cm³/mol. The van der Waals surface area contributed by atoms with E-state index in [-0.39, 0.29) is 5.91 Å². The molecule has 37 heavy (non-hydrogen) atoms. The number of aromatic nitrogens is 4. The SMILES string of the molecule is Cc1cnc(N2CC3CCC2CN3)cc1C(=O)NC1(c2cc(-c3cnn(C)c3)nc3ccccc23)CC1. The molecule has 0 radical (unpaired) electrons. The van der Waals surface area contributed by atoms with Crippen molar-refractivity contribution in [3.8, 4) is 11.3 Å². The average Bonchev–Trinajstić information content (AvgIpc) is 3.58. The fourth-order valence-electron chi connectivity index (χ4n) is 6.05. The number of aryl methyl sites for hydroxylation is 2. The molecule has 1 amide bonds. The van der Waals surface area contributed by atoms with E-state index in [4.69, 9.17) is 9.97 Å². The molecule has 4 aliphatic rings. The lowest BCUT2D eigenvalue weighted by molar-refractivity contribution is 0.0930. The normalized spacial score (nSPS) is 21.8. The fourth-order valence-corrected chi connectivity index (χ4v) is 6.05. The van der Waals surface area contributed by atoms with Gasteiger partial charge in [-0.25, -0.2) is 9.97 Å². The van der Waals surface area contributed by atoms with Crippen LogP contribution in [0.1, 0.15) is 47.2 Å². The third kappa shape index (κ3) is 3.87. The second kappa shape index (κ2) is 8.38. The van der Waals surface area contributed by atoms with Gasteiger partial charge in [0.05, 0.1) is 22.9 Å². The number of piperidine rings is 2. The Morgan fingerprint density at radius 1 is 1.16 bits per heavy atom. The van der Waals surface area contributed by atoms with Crippen molar-refractivity contribution < 1.29 is 4.79 Å². The Kier molecular flexibility index (Phi) is 5.08. The third-order valence-electron chi connectivity index (χ3n) is 8.31. The van der Waals surface area contributed by atoms with Crippen molar-refractivity contribution in [1.82, 2.24) is 30.4 Å². The molecule has 3 saturated heterocycles. The molecule has 3 aliphatic heterocycles. The van der Waals surface area contributed by atoms with Gasteiger partial charge in [-0.1, -0.05) is 18.2 Å². The van der Waals surface area contributed by atoms with Gasteiger partial charge >= 0.3 is 0 Å². The highest BCUT2D eigenvalue weighted by atomic mass is 16.1. The number of fused-ring (bicyclic) bond motifs is 4. The summed E-state index contributed by atoms with van der Waals surface area (Å²) in [7, 11) is 1.91. The van der Waals surface area contributed by atoms with E-state index in [0.29, 0.717) is 17.6 Å². The van der Waals surface area contributed by atoms with E-state index in [9.17, 15) is 4.79 Å². The lowest BCUT2D eigenvalue weighted by Gasteiger charge is -2.46. The molecule has 1 aliphatic carbocycles. The molecule has 1 aromatic carbocycles. The maximum absolute atomic E-state index is 13.8. The van der Waals surface area contributed by atoms with Crippen molar-refractivity contribution in [2.24, 2.45) is 7.05 Å². The lowest BCUT2D eigenvalue weighted by Crippen LogP contribution is -2.61. The van der Waals surface area contributed by atoms with E-state index in [0.717, 1.165) is 65.0 Å². The van der Waals surface area contributed by atoms with Gasteiger partial charge in [0.1, 0.15) is 5.82 Å². The molecule has 3 aromatic heterocycles. The fraction of sp³-hybridized carbons (Fsp3) is 0.379. The topological polar surface area (TPSA) is 88.0 Å². The van der Waals surface area contributed by atoms with Crippen molar-refractivity contribution in [2.75, 3.05) is 18.0 Å². The van der Waals surface area contributed by atoms with Crippen LogP contribution < -0.4 is 15.5 Å². The highest BCUT2D eigenvalue weighted by Crippen LogP contribution is 2.49. The Hall–Kier alpha value is -3.78. The summed E-state index contributed by atoms with van der Waals surface area (Å²) in [5.74, 6) is 0.868. The maximum atomic E-state index is 13.8. The van der Waals surface area contributed by atoms with Crippen LogP contribution in [-0.2, 0) is 12.6 Å². The highest BCUT2D eigenvalue weighted by molar-refractivity contribution is 5.98. The van der Waals surface area contributed by atoms with Crippen LogP contribution in [0.25, 0.3) is 22.2 Å². The molecule has 188 valence electrons. The summed E-state index contributed by atoms with van der Waals surface area (Å²) in [4.78, 5) is 25.8. The van der Waals surface area contributed by atoms with Gasteiger partial charge in [0.15, 0.2) is 0 Å². The van der Waals surface area contributed by atoms with E-state index in [1.807, 2.05) is 56.8 Å². The summed E-state index contributed by atoms with van der Waals surface area (Å²) < 4.78 is 1.79. The standard InChI is InChI=1S/C29H31N7O/c1-18-13-31-27(36-17-20-7-8-21(36)15-30-20)11-23(18)28(37)34-29(9-10-29)24-12-26(19-14-32-35(2)16-19)33-25-6-4-3-5-22(24)25/h3-6,11-14,16,20-21,30H,7-10,15,17H2,1-2H3,(H,34,37). The highest BCUT2D eigenvalue weighted by Gasteiger charge is 2.47. The van der Waals surface area contributed by atoms with Crippen LogP contribution in [0.4, 0.5) is 5.82 Å². The number of hydrogen-bond acceptors (Lipinski definition) is 6. The number of pyridine rings is 2. The maximum Gasteiger partial charge on any atom is 0.252 e. The van der Waals surface area contributed by atoms with Crippen LogP contribution in [0, 0.1) is 6.92 Å². The monoisotopic (exact) mass is 493 g/mol. The zero-order chi connectivity index (χ0) is 25.1. The first-order valence-electron chi connectivity index (χ1n) is 13.2. The number of rotatable bonds is 5. The minimum absolute atomic E-state index is 0.0391. The number of nitrogens with zero attached hydrogens (tertiary/aromatic N) is 5. The number of para-hydroxylation sites is 1. The summed E-state index contributed by atoms with van der Waals surface area (Å²) in [5, 5.41) is 12.4. The number of carbonyl (C=O) groups is 1. The Labute approximate surface area is 216 Å². The van der Waals surface area contributed by atoms with Gasteiger partial charge in [0, 0.05) is 61.1 Å². The minimum atomic E-state index is -0.402. The largest absolute Gasteiger partial charge is 0.351 e. The molecule has 2 bridgehead atoms. The van der Waals surface area contributed by atoms with Gasteiger partial charge in [-0.2, -0.15) is 5.10 Å². The number of piperazine rings is 1. The van der Waals surface area contributed by atoms with Gasteiger partial charge in [-0.05, 0) is 61.9 Å². The first kappa shape index (κ1) is 22.4. The van der Waals surface area contributed by atoms with E-state index in [1.165, 1.54) is 12.8 Å². The van der Waals surface area contributed by atoms with Crippen LogP contribution in [0.15, 0.2) is 55.0 Å². The molecular weight excluding hydrogens is 462 g/mol. The Morgan fingerprint density at radius 3 is 2.73 bits per heavy atom. The van der Waals surface area contributed by atoms with Crippen LogP contribution in [-0.4, -0.2) is 50.8 Å². The summed E-state index contributed by atoms with van der Waals surface area (Å²) in [6.45, 7) is 3.91. The van der Waals surface area contributed by atoms with Crippen LogP contribution in [0.3, 0.4) is 0 Å². The first-order chi connectivity index (χ1) is 18.0. The quantitative estimate of drug-likeness (QED) is 0.441. The Morgan fingerprint density at radius 2 is 2.03 bits per heavy atom. The number of benzene rings is 1. The minimum Gasteiger partial charge on any atom is -0.351 e. The smallest absolute Gasteiger partial charge is 0.252 e. The van der Waals surface area contributed by atoms with Gasteiger partial charge < -0.3 is 15.5 Å². The second-order valence-corrected chi connectivity index (χ2v) is 10.9. The molecule has 4 aromatic rings. The van der Waals surface area contributed by atoms with Crippen molar-refractivity contribution >= 4 is 22.6 Å². The molecule has 2 unspecified atom stereocenters. The number of amides is 1. The molecule has 4 fully saturated rings.